The summed E-state index contributed by atoms with van der Waals surface area (Å²) in [5.74, 6) is 1.26. The molecule has 1 aliphatic heterocycles. The third-order valence-electron chi connectivity index (χ3n) is 3.66. The Hall–Kier alpha value is -1.83. The molecule has 1 atom stereocenters. The first-order valence-corrected chi connectivity index (χ1v) is 7.41. The van der Waals surface area contributed by atoms with Crippen LogP contribution in [0.25, 0.3) is 0 Å². The van der Waals surface area contributed by atoms with E-state index in [4.69, 9.17) is 14.0 Å². The molecule has 7 nitrogen and oxygen atoms in total. The van der Waals surface area contributed by atoms with Gasteiger partial charge in [0.1, 0.15) is 6.04 Å². The minimum Gasteiger partial charge on any atom is -0.384 e. The fraction of sp³-hybridized carbons (Fsp3) is 0.533. The molecule has 0 amide bonds. The van der Waals surface area contributed by atoms with Gasteiger partial charge in [0.25, 0.3) is 0 Å². The van der Waals surface area contributed by atoms with Crippen molar-refractivity contribution in [3.63, 3.8) is 0 Å². The van der Waals surface area contributed by atoms with E-state index in [0.717, 1.165) is 18.7 Å². The van der Waals surface area contributed by atoms with E-state index in [1.54, 1.807) is 13.3 Å². The summed E-state index contributed by atoms with van der Waals surface area (Å²) in [7, 11) is 1.66. The highest BCUT2D eigenvalue weighted by molar-refractivity contribution is 5.20. The predicted molar refractivity (Wildman–Crippen MR) is 78.4 cm³/mol. The number of morpholine rings is 1. The van der Waals surface area contributed by atoms with Crippen molar-refractivity contribution in [1.82, 2.24) is 20.0 Å². The van der Waals surface area contributed by atoms with Crippen LogP contribution in [-0.4, -0.2) is 60.0 Å². The van der Waals surface area contributed by atoms with Gasteiger partial charge in [0.05, 0.1) is 19.8 Å². The molecule has 0 aliphatic carbocycles. The van der Waals surface area contributed by atoms with Gasteiger partial charge in [0.15, 0.2) is 5.82 Å². The fourth-order valence-electron chi connectivity index (χ4n) is 2.56. The van der Waals surface area contributed by atoms with E-state index in [2.05, 4.69) is 20.0 Å². The van der Waals surface area contributed by atoms with Crippen molar-refractivity contribution in [2.24, 2.45) is 0 Å². The maximum atomic E-state index is 5.50. The highest BCUT2D eigenvalue weighted by atomic mass is 16.5. The molecule has 0 saturated carbocycles. The number of hydrogen-bond donors (Lipinski definition) is 0. The van der Waals surface area contributed by atoms with Crippen LogP contribution in [0.15, 0.2) is 29.0 Å². The van der Waals surface area contributed by atoms with Gasteiger partial charge in [-0.05, 0) is 11.6 Å². The van der Waals surface area contributed by atoms with Crippen LogP contribution in [-0.2, 0) is 15.9 Å². The summed E-state index contributed by atoms with van der Waals surface area (Å²) >= 11 is 0. The molecule has 1 saturated heterocycles. The topological polar surface area (TPSA) is 73.5 Å². The van der Waals surface area contributed by atoms with Crippen molar-refractivity contribution in [1.29, 1.82) is 0 Å². The molecule has 0 radical (unpaired) electrons. The molecule has 3 rings (SSSR count). The van der Waals surface area contributed by atoms with Gasteiger partial charge < -0.3 is 14.0 Å². The Kier molecular flexibility index (Phi) is 5.10. The molecule has 7 heteroatoms. The van der Waals surface area contributed by atoms with Crippen LogP contribution >= 0.6 is 0 Å². The molecule has 3 heterocycles. The lowest BCUT2D eigenvalue weighted by molar-refractivity contribution is 0.0180. The first-order chi connectivity index (χ1) is 10.9. The maximum Gasteiger partial charge on any atom is 0.248 e. The second kappa shape index (κ2) is 7.44. The quantitative estimate of drug-likeness (QED) is 0.790. The van der Waals surface area contributed by atoms with Crippen LogP contribution in [0.5, 0.6) is 0 Å². The van der Waals surface area contributed by atoms with Crippen LogP contribution in [0, 0.1) is 0 Å². The Morgan fingerprint density at radius 3 is 2.95 bits per heavy atom. The zero-order chi connectivity index (χ0) is 15.2. The molecule has 2 aromatic rings. The van der Waals surface area contributed by atoms with Crippen LogP contribution in [0.3, 0.4) is 0 Å². The van der Waals surface area contributed by atoms with Gasteiger partial charge in [-0.3, -0.25) is 9.88 Å². The van der Waals surface area contributed by atoms with Crippen molar-refractivity contribution < 1.29 is 14.0 Å². The maximum absolute atomic E-state index is 5.50. The molecule has 1 aliphatic rings. The first kappa shape index (κ1) is 15.1. The second-order valence-electron chi connectivity index (χ2n) is 5.13. The predicted octanol–water partition coefficient (Wildman–Crippen LogP) is 1.08. The number of methoxy groups -OCH3 is 1. The Morgan fingerprint density at radius 2 is 2.23 bits per heavy atom. The monoisotopic (exact) mass is 304 g/mol. The molecular weight excluding hydrogens is 284 g/mol. The zero-order valence-corrected chi connectivity index (χ0v) is 12.6. The van der Waals surface area contributed by atoms with Crippen LogP contribution < -0.4 is 0 Å². The van der Waals surface area contributed by atoms with Crippen molar-refractivity contribution in [2.75, 3.05) is 40.0 Å². The Balaban J connectivity index is 1.86. The highest BCUT2D eigenvalue weighted by Crippen LogP contribution is 2.27. The highest BCUT2D eigenvalue weighted by Gasteiger charge is 2.29. The van der Waals surface area contributed by atoms with Crippen LogP contribution in [0.1, 0.15) is 23.3 Å². The van der Waals surface area contributed by atoms with Crippen LogP contribution in [0.2, 0.25) is 0 Å². The van der Waals surface area contributed by atoms with E-state index in [1.807, 2.05) is 18.3 Å². The van der Waals surface area contributed by atoms with Crippen molar-refractivity contribution in [2.45, 2.75) is 12.5 Å². The standard InChI is InChI=1S/C15H20N4O3/c1-20-8-4-13-17-15(22-18-13)14(12-3-2-5-16-11-12)19-6-9-21-10-7-19/h2-3,5,11,14H,4,6-10H2,1H3/t14-/m0/s1. The first-order valence-electron chi connectivity index (χ1n) is 7.41. The van der Waals surface area contributed by atoms with Gasteiger partial charge in [-0.2, -0.15) is 4.98 Å². The molecule has 118 valence electrons. The summed E-state index contributed by atoms with van der Waals surface area (Å²) in [5, 5.41) is 4.05. The third kappa shape index (κ3) is 3.49. The summed E-state index contributed by atoms with van der Waals surface area (Å²) in [5.41, 5.74) is 1.05. The molecule has 0 unspecified atom stereocenters. The smallest absolute Gasteiger partial charge is 0.248 e. The molecular formula is C15H20N4O3. The normalized spacial score (nSPS) is 17.5. The summed E-state index contributed by atoms with van der Waals surface area (Å²) in [6.07, 6.45) is 4.25. The summed E-state index contributed by atoms with van der Waals surface area (Å²) in [6, 6.07) is 3.87. The number of hydrogen-bond acceptors (Lipinski definition) is 7. The van der Waals surface area contributed by atoms with E-state index >= 15 is 0 Å². The molecule has 0 bridgehead atoms. The van der Waals surface area contributed by atoms with Gasteiger partial charge >= 0.3 is 0 Å². The molecule has 22 heavy (non-hydrogen) atoms. The lowest BCUT2D eigenvalue weighted by Gasteiger charge is -2.32. The summed E-state index contributed by atoms with van der Waals surface area (Å²) < 4.78 is 16.0. The largest absolute Gasteiger partial charge is 0.384 e. The minimum atomic E-state index is -0.0820. The fourth-order valence-corrected chi connectivity index (χ4v) is 2.56. The lowest BCUT2D eigenvalue weighted by Crippen LogP contribution is -2.39. The number of rotatable bonds is 6. The second-order valence-corrected chi connectivity index (χ2v) is 5.13. The van der Waals surface area contributed by atoms with E-state index < -0.39 is 0 Å². The molecule has 0 aromatic carbocycles. The summed E-state index contributed by atoms with van der Waals surface area (Å²) in [4.78, 5) is 11.0. The molecule has 0 spiro atoms. The van der Waals surface area contributed by atoms with E-state index in [-0.39, 0.29) is 6.04 Å². The summed E-state index contributed by atoms with van der Waals surface area (Å²) in [6.45, 7) is 3.65. The van der Waals surface area contributed by atoms with Gasteiger partial charge in [-0.1, -0.05) is 11.2 Å². The minimum absolute atomic E-state index is 0.0820. The van der Waals surface area contributed by atoms with Crippen molar-refractivity contribution >= 4 is 0 Å². The van der Waals surface area contributed by atoms with E-state index in [1.165, 1.54) is 0 Å². The van der Waals surface area contributed by atoms with Gasteiger partial charge in [-0.15, -0.1) is 0 Å². The van der Waals surface area contributed by atoms with E-state index in [9.17, 15) is 0 Å². The lowest BCUT2D eigenvalue weighted by atomic mass is 10.1. The third-order valence-corrected chi connectivity index (χ3v) is 3.66. The molecule has 0 N–H and O–H groups in total. The van der Waals surface area contributed by atoms with E-state index in [0.29, 0.717) is 38.0 Å². The number of pyridine rings is 1. The van der Waals surface area contributed by atoms with Crippen molar-refractivity contribution in [3.05, 3.63) is 41.8 Å². The van der Waals surface area contributed by atoms with Gasteiger partial charge in [0.2, 0.25) is 5.89 Å². The average Bonchev–Trinajstić information content (AvgIpc) is 3.04. The number of ether oxygens (including phenoxy) is 2. The number of aromatic nitrogens is 3. The Bertz CT molecular complexity index is 569. The van der Waals surface area contributed by atoms with Crippen LogP contribution in [0.4, 0.5) is 0 Å². The number of nitrogens with zero attached hydrogens (tertiary/aromatic N) is 4. The Labute approximate surface area is 129 Å². The Morgan fingerprint density at radius 1 is 1.36 bits per heavy atom. The van der Waals surface area contributed by atoms with Gasteiger partial charge in [0, 0.05) is 39.0 Å². The molecule has 1 fully saturated rings. The molecule has 2 aromatic heterocycles. The van der Waals surface area contributed by atoms with Crippen molar-refractivity contribution in [3.8, 4) is 0 Å². The van der Waals surface area contributed by atoms with Gasteiger partial charge in [-0.25, -0.2) is 0 Å². The SMILES string of the molecule is COCCc1noc([C@H](c2cccnc2)N2CCOCC2)n1. The zero-order valence-electron chi connectivity index (χ0n) is 12.6. The average molecular weight is 304 g/mol.